The van der Waals surface area contributed by atoms with Crippen LogP contribution in [0.25, 0.3) is 0 Å². The lowest BCUT2D eigenvalue weighted by molar-refractivity contribution is 0.244. The van der Waals surface area contributed by atoms with Crippen LogP contribution in [0, 0.1) is 0 Å². The van der Waals surface area contributed by atoms with Crippen LogP contribution in [0.1, 0.15) is 20.8 Å². The fourth-order valence-electron chi connectivity index (χ4n) is 0.731. The molecule has 10 heavy (non-hydrogen) atoms. The predicted molar refractivity (Wildman–Crippen MR) is 43.3 cm³/mol. The van der Waals surface area contributed by atoms with Crippen LogP contribution in [0.2, 0.25) is 0 Å². The molecular formula is C7H16N2O. The van der Waals surface area contributed by atoms with Crippen molar-refractivity contribution in [1.82, 2.24) is 5.32 Å². The highest BCUT2D eigenvalue weighted by molar-refractivity contribution is 5.53. The Morgan fingerprint density at radius 1 is 1.60 bits per heavy atom. The van der Waals surface area contributed by atoms with Crippen molar-refractivity contribution in [1.29, 1.82) is 0 Å². The summed E-state index contributed by atoms with van der Waals surface area (Å²) in [7, 11) is 0. The van der Waals surface area contributed by atoms with Gasteiger partial charge >= 0.3 is 0 Å². The quantitative estimate of drug-likeness (QED) is 0.561. The van der Waals surface area contributed by atoms with E-state index in [0.29, 0.717) is 0 Å². The molecule has 0 spiro atoms. The van der Waals surface area contributed by atoms with Crippen LogP contribution < -0.4 is 5.32 Å². The van der Waals surface area contributed by atoms with Crippen molar-refractivity contribution in [2.24, 2.45) is 4.99 Å². The maximum Gasteiger partial charge on any atom is 0.0964 e. The Morgan fingerprint density at radius 2 is 2.20 bits per heavy atom. The largest absolute Gasteiger partial charge is 0.395 e. The van der Waals surface area contributed by atoms with Gasteiger partial charge in [-0.2, -0.15) is 0 Å². The second kappa shape index (κ2) is 5.38. The maximum atomic E-state index is 8.64. The second-order valence-corrected chi connectivity index (χ2v) is 2.33. The van der Waals surface area contributed by atoms with E-state index in [1.54, 1.807) is 6.21 Å². The fourth-order valence-corrected chi connectivity index (χ4v) is 0.731. The number of nitrogens with zero attached hydrogens (tertiary/aromatic N) is 1. The molecule has 0 aromatic rings. The van der Waals surface area contributed by atoms with Crippen LogP contribution in [-0.2, 0) is 0 Å². The van der Waals surface area contributed by atoms with Gasteiger partial charge in [0, 0.05) is 6.04 Å². The Labute approximate surface area is 62.2 Å². The minimum atomic E-state index is 0.104. The molecule has 0 amide bonds. The zero-order valence-electron chi connectivity index (χ0n) is 6.83. The molecule has 0 aromatic heterocycles. The van der Waals surface area contributed by atoms with Gasteiger partial charge in [0.15, 0.2) is 0 Å². The summed E-state index contributed by atoms with van der Waals surface area (Å²) in [6.07, 6.45) is 1.86. The average molecular weight is 144 g/mol. The van der Waals surface area contributed by atoms with E-state index in [1.807, 2.05) is 20.8 Å². The lowest BCUT2D eigenvalue weighted by Crippen LogP contribution is -2.35. The molecule has 0 rings (SSSR count). The van der Waals surface area contributed by atoms with Gasteiger partial charge in [0.1, 0.15) is 0 Å². The van der Waals surface area contributed by atoms with E-state index >= 15 is 0 Å². The fraction of sp³-hybridized carbons (Fsp3) is 0.857. The van der Waals surface area contributed by atoms with E-state index in [2.05, 4.69) is 10.3 Å². The van der Waals surface area contributed by atoms with Crippen molar-refractivity contribution in [3.8, 4) is 0 Å². The molecule has 0 heterocycles. The van der Waals surface area contributed by atoms with Crippen LogP contribution in [0.4, 0.5) is 0 Å². The summed E-state index contributed by atoms with van der Waals surface area (Å²) < 4.78 is 0. The van der Waals surface area contributed by atoms with Crippen molar-refractivity contribution in [2.45, 2.75) is 33.0 Å². The Hall–Kier alpha value is -0.410. The van der Waals surface area contributed by atoms with Gasteiger partial charge in [-0.05, 0) is 27.0 Å². The predicted octanol–water partition coefficient (Wildman–Crippen LogP) is 0.394. The maximum absolute atomic E-state index is 8.64. The molecule has 0 aromatic carbocycles. The highest BCUT2D eigenvalue weighted by Crippen LogP contribution is 1.86. The third-order valence-electron chi connectivity index (χ3n) is 1.17. The molecule has 2 unspecified atom stereocenters. The average Bonchev–Trinajstić information content (AvgIpc) is 1.88. The van der Waals surface area contributed by atoms with Crippen LogP contribution in [0.5, 0.6) is 0 Å². The highest BCUT2D eigenvalue weighted by atomic mass is 16.3. The van der Waals surface area contributed by atoms with Gasteiger partial charge in [0.25, 0.3) is 0 Å². The molecule has 3 heteroatoms. The van der Waals surface area contributed by atoms with Gasteiger partial charge in [-0.15, -0.1) is 0 Å². The minimum Gasteiger partial charge on any atom is -0.395 e. The molecule has 0 aliphatic carbocycles. The smallest absolute Gasteiger partial charge is 0.0964 e. The summed E-state index contributed by atoms with van der Waals surface area (Å²) in [4.78, 5) is 4.07. The van der Waals surface area contributed by atoms with E-state index in [0.717, 1.165) is 0 Å². The third kappa shape index (κ3) is 4.47. The van der Waals surface area contributed by atoms with Crippen molar-refractivity contribution in [3.63, 3.8) is 0 Å². The zero-order chi connectivity index (χ0) is 7.98. The summed E-state index contributed by atoms with van der Waals surface area (Å²) >= 11 is 0. The van der Waals surface area contributed by atoms with Crippen molar-refractivity contribution in [3.05, 3.63) is 0 Å². The van der Waals surface area contributed by atoms with Gasteiger partial charge in [0.05, 0.1) is 12.8 Å². The van der Waals surface area contributed by atoms with Crippen molar-refractivity contribution < 1.29 is 5.11 Å². The SMILES string of the molecule is CC=NC(C)NC(C)CO. The molecule has 0 bridgehead atoms. The van der Waals surface area contributed by atoms with E-state index in [9.17, 15) is 0 Å². The van der Waals surface area contributed by atoms with Gasteiger partial charge < -0.3 is 5.11 Å². The lowest BCUT2D eigenvalue weighted by atomic mass is 10.3. The Balaban J connectivity index is 3.46. The number of hydrogen-bond acceptors (Lipinski definition) is 3. The standard InChI is InChI=1S/C7H16N2O/c1-4-8-7(3)9-6(2)5-10/h4,6-7,9-10H,5H2,1-3H3. The number of nitrogens with one attached hydrogen (secondary N) is 1. The van der Waals surface area contributed by atoms with Gasteiger partial charge in [-0.1, -0.05) is 0 Å². The number of aliphatic hydroxyl groups is 1. The molecular weight excluding hydrogens is 128 g/mol. The molecule has 0 aliphatic heterocycles. The topological polar surface area (TPSA) is 44.6 Å². The summed E-state index contributed by atoms with van der Waals surface area (Å²) in [6, 6.07) is 0.124. The molecule has 0 saturated heterocycles. The molecule has 60 valence electrons. The van der Waals surface area contributed by atoms with E-state index in [4.69, 9.17) is 5.11 Å². The van der Waals surface area contributed by atoms with E-state index < -0.39 is 0 Å². The normalized spacial score (nSPS) is 17.6. The first-order valence-corrected chi connectivity index (χ1v) is 3.55. The Kier molecular flexibility index (Phi) is 5.16. The Bertz CT molecular complexity index is 104. The number of rotatable bonds is 4. The summed E-state index contributed by atoms with van der Waals surface area (Å²) in [6.45, 7) is 5.90. The molecule has 2 N–H and O–H groups in total. The number of aliphatic imine (C=N–C) groups is 1. The van der Waals surface area contributed by atoms with Gasteiger partial charge in [0.2, 0.25) is 0 Å². The van der Waals surface area contributed by atoms with Crippen LogP contribution in [-0.4, -0.2) is 30.1 Å². The Morgan fingerprint density at radius 3 is 2.60 bits per heavy atom. The van der Waals surface area contributed by atoms with Crippen LogP contribution in [0.15, 0.2) is 4.99 Å². The first-order chi connectivity index (χ1) is 4.70. The zero-order valence-corrected chi connectivity index (χ0v) is 6.83. The monoisotopic (exact) mass is 144 g/mol. The number of aliphatic hydroxyl groups excluding tert-OH is 1. The van der Waals surface area contributed by atoms with Gasteiger partial charge in [-0.25, -0.2) is 0 Å². The van der Waals surface area contributed by atoms with Crippen LogP contribution >= 0.6 is 0 Å². The lowest BCUT2D eigenvalue weighted by Gasteiger charge is -2.13. The van der Waals surface area contributed by atoms with Crippen LogP contribution in [0.3, 0.4) is 0 Å². The molecule has 0 aliphatic rings. The molecule has 0 fully saturated rings. The first-order valence-electron chi connectivity index (χ1n) is 3.55. The number of hydrogen-bond donors (Lipinski definition) is 2. The molecule has 0 saturated carbocycles. The van der Waals surface area contributed by atoms with Crippen molar-refractivity contribution >= 4 is 6.21 Å². The minimum absolute atomic E-state index is 0.104. The molecule has 2 atom stereocenters. The van der Waals surface area contributed by atoms with Crippen molar-refractivity contribution in [2.75, 3.05) is 6.61 Å². The third-order valence-corrected chi connectivity index (χ3v) is 1.17. The second-order valence-electron chi connectivity index (χ2n) is 2.33. The summed E-state index contributed by atoms with van der Waals surface area (Å²) in [5, 5.41) is 11.7. The highest BCUT2D eigenvalue weighted by Gasteiger charge is 2.01. The van der Waals surface area contributed by atoms with E-state index in [1.165, 1.54) is 0 Å². The molecule has 0 radical (unpaired) electrons. The van der Waals surface area contributed by atoms with E-state index in [-0.39, 0.29) is 18.8 Å². The van der Waals surface area contributed by atoms with Gasteiger partial charge in [-0.3, -0.25) is 10.3 Å². The molecule has 3 nitrogen and oxygen atoms in total. The summed E-state index contributed by atoms with van der Waals surface area (Å²) in [5.41, 5.74) is 0. The first kappa shape index (κ1) is 9.59. The summed E-state index contributed by atoms with van der Waals surface area (Å²) in [5.74, 6) is 0.